The third kappa shape index (κ3) is 2.78. The molecule has 2 aliphatic heterocycles. The molecule has 1 saturated heterocycles. The second-order valence-corrected chi connectivity index (χ2v) is 7.11. The van der Waals surface area contributed by atoms with Crippen LogP contribution < -0.4 is 5.73 Å². The van der Waals surface area contributed by atoms with Gasteiger partial charge >= 0.3 is 0 Å². The van der Waals surface area contributed by atoms with Crippen LogP contribution in [0.1, 0.15) is 24.0 Å². The largest absolute Gasteiger partial charge is 0.393 e. The van der Waals surface area contributed by atoms with Gasteiger partial charge in [0.1, 0.15) is 6.07 Å². The zero-order valence-corrected chi connectivity index (χ0v) is 14.1. The molecule has 118 valence electrons. The highest BCUT2D eigenvalue weighted by atomic mass is 35.5. The van der Waals surface area contributed by atoms with Crippen molar-refractivity contribution in [1.29, 1.82) is 5.26 Å². The number of fused-ring (bicyclic) bond motifs is 2. The van der Waals surface area contributed by atoms with E-state index in [-0.39, 0.29) is 12.1 Å². The molecule has 2 aliphatic rings. The Bertz CT molecular complexity index is 720. The Morgan fingerprint density at radius 1 is 1.48 bits per heavy atom. The number of nitrogens with zero attached hydrogens (tertiary/aromatic N) is 3. The van der Waals surface area contributed by atoms with Crippen LogP contribution in [0.25, 0.3) is 0 Å². The number of hydrogen-bond acceptors (Lipinski definition) is 4. The number of nitrogens with two attached hydrogens (primary N) is 1. The number of nitriles is 1. The molecule has 23 heavy (non-hydrogen) atoms. The van der Waals surface area contributed by atoms with E-state index in [0.29, 0.717) is 22.1 Å². The molecule has 3 atom stereocenters. The van der Waals surface area contributed by atoms with Crippen LogP contribution in [0.15, 0.2) is 42.2 Å². The minimum atomic E-state index is -0.446. The Morgan fingerprint density at radius 3 is 2.65 bits per heavy atom. The second-order valence-electron chi connectivity index (χ2n) is 6.14. The molecule has 3 rings (SSSR count). The average molecular weight is 345 g/mol. The second kappa shape index (κ2) is 6.04. The van der Waals surface area contributed by atoms with E-state index in [1.807, 2.05) is 6.07 Å². The average Bonchev–Trinajstić information content (AvgIpc) is 2.76. The highest BCUT2D eigenvalue weighted by Gasteiger charge is 2.48. The van der Waals surface area contributed by atoms with Gasteiger partial charge in [-0.25, -0.2) is 0 Å². The van der Waals surface area contributed by atoms with E-state index in [1.54, 1.807) is 12.4 Å². The molecule has 0 amide bonds. The van der Waals surface area contributed by atoms with Crippen molar-refractivity contribution in [2.24, 2.45) is 5.73 Å². The summed E-state index contributed by atoms with van der Waals surface area (Å²) in [4.78, 5) is 6.96. The molecule has 0 radical (unpaired) electrons. The number of halogens is 1. The van der Waals surface area contributed by atoms with Crippen LogP contribution in [-0.2, 0) is 5.41 Å². The van der Waals surface area contributed by atoms with E-state index in [9.17, 15) is 0 Å². The van der Waals surface area contributed by atoms with Crippen LogP contribution >= 0.6 is 23.8 Å². The number of rotatable bonds is 4. The van der Waals surface area contributed by atoms with Gasteiger partial charge in [-0.2, -0.15) is 5.26 Å². The molecule has 0 spiro atoms. The first-order chi connectivity index (χ1) is 11.0. The van der Waals surface area contributed by atoms with Gasteiger partial charge in [0.2, 0.25) is 0 Å². The first kappa shape index (κ1) is 16.1. The van der Waals surface area contributed by atoms with Gasteiger partial charge < -0.3 is 5.73 Å². The quantitative estimate of drug-likeness (QED) is 0.672. The van der Waals surface area contributed by atoms with Crippen LogP contribution in [-0.4, -0.2) is 33.5 Å². The minimum absolute atomic E-state index is 0.205. The van der Waals surface area contributed by atoms with Crippen molar-refractivity contribution in [3.8, 4) is 6.07 Å². The van der Waals surface area contributed by atoms with Crippen LogP contribution in [0, 0.1) is 11.3 Å². The lowest BCUT2D eigenvalue weighted by atomic mass is 9.69. The summed E-state index contributed by atoms with van der Waals surface area (Å²) in [5, 5.41) is 9.77. The fourth-order valence-corrected chi connectivity index (χ4v) is 4.09. The van der Waals surface area contributed by atoms with Gasteiger partial charge in [0.15, 0.2) is 0 Å². The Labute approximate surface area is 146 Å². The highest BCUT2D eigenvalue weighted by Crippen LogP contribution is 2.45. The van der Waals surface area contributed by atoms with Gasteiger partial charge in [0, 0.05) is 36.1 Å². The first-order valence-electron chi connectivity index (χ1n) is 7.39. The van der Waals surface area contributed by atoms with Crippen LogP contribution in [0.3, 0.4) is 0 Å². The molecule has 0 saturated carbocycles. The number of pyridine rings is 1. The summed E-state index contributed by atoms with van der Waals surface area (Å²) in [7, 11) is 0. The summed E-state index contributed by atoms with van der Waals surface area (Å²) in [5.74, 6) is 0. The topological polar surface area (TPSA) is 65.9 Å². The lowest BCUT2D eigenvalue weighted by Gasteiger charge is -2.46. The molecule has 0 unspecified atom stereocenters. The van der Waals surface area contributed by atoms with Crippen molar-refractivity contribution in [1.82, 2.24) is 9.88 Å². The van der Waals surface area contributed by atoms with Gasteiger partial charge in [0.25, 0.3) is 0 Å². The maximum atomic E-state index is 9.14. The third-order valence-corrected chi connectivity index (χ3v) is 5.28. The lowest BCUT2D eigenvalue weighted by molar-refractivity contribution is 0.137. The van der Waals surface area contributed by atoms with Gasteiger partial charge in [-0.3, -0.25) is 9.88 Å². The molecular weight excluding hydrogens is 328 g/mol. The number of hydrogen-bond donors (Lipinski definition) is 1. The third-order valence-electron chi connectivity index (χ3n) is 4.77. The van der Waals surface area contributed by atoms with Crippen molar-refractivity contribution in [2.75, 3.05) is 6.54 Å². The van der Waals surface area contributed by atoms with E-state index >= 15 is 0 Å². The maximum Gasteiger partial charge on any atom is 0.101 e. The van der Waals surface area contributed by atoms with Crippen LogP contribution in [0.2, 0.25) is 0 Å². The zero-order valence-electron chi connectivity index (χ0n) is 12.6. The smallest absolute Gasteiger partial charge is 0.101 e. The molecule has 4 nitrogen and oxygen atoms in total. The molecule has 2 bridgehead atoms. The fourth-order valence-electron chi connectivity index (χ4n) is 3.67. The monoisotopic (exact) mass is 344 g/mol. The summed E-state index contributed by atoms with van der Waals surface area (Å²) in [5.41, 5.74) is 7.16. The van der Waals surface area contributed by atoms with Crippen LogP contribution in [0.4, 0.5) is 0 Å². The molecule has 0 aromatic carbocycles. The fraction of sp³-hybridized carbons (Fsp3) is 0.353. The maximum absolute atomic E-state index is 9.14. The van der Waals surface area contributed by atoms with Crippen LogP contribution in [0.5, 0.6) is 0 Å². The highest BCUT2D eigenvalue weighted by molar-refractivity contribution is 7.80. The van der Waals surface area contributed by atoms with Gasteiger partial charge in [-0.1, -0.05) is 42.5 Å². The predicted octanol–water partition coefficient (Wildman–Crippen LogP) is 2.63. The molecule has 1 fully saturated rings. The van der Waals surface area contributed by atoms with Gasteiger partial charge in [-0.15, -0.1) is 0 Å². The zero-order chi connectivity index (χ0) is 16.6. The molecule has 6 heteroatoms. The van der Waals surface area contributed by atoms with Crippen molar-refractivity contribution >= 4 is 28.8 Å². The van der Waals surface area contributed by atoms with E-state index in [4.69, 9.17) is 34.8 Å². The van der Waals surface area contributed by atoms with Crippen molar-refractivity contribution < 1.29 is 0 Å². The molecular formula is C17H17ClN4S. The summed E-state index contributed by atoms with van der Waals surface area (Å²) >= 11 is 11.4. The SMILES string of the molecule is C=C(Cl)CN1[C@@H]2C=C[C@H]1C[C@](C(N)=S)(c1cncc(C#N)c1)C2. The van der Waals surface area contributed by atoms with Crippen molar-refractivity contribution in [3.63, 3.8) is 0 Å². The van der Waals surface area contributed by atoms with Gasteiger partial charge in [-0.05, 0) is 24.5 Å². The Hall–Kier alpha value is -1.74. The molecule has 2 N–H and O–H groups in total. The summed E-state index contributed by atoms with van der Waals surface area (Å²) in [6.07, 6.45) is 9.22. The van der Waals surface area contributed by atoms with E-state index < -0.39 is 5.41 Å². The number of aromatic nitrogens is 1. The van der Waals surface area contributed by atoms with Gasteiger partial charge in [0.05, 0.1) is 16.0 Å². The van der Waals surface area contributed by atoms with Crippen molar-refractivity contribution in [3.05, 3.63) is 53.4 Å². The number of piperidine rings is 1. The first-order valence-corrected chi connectivity index (χ1v) is 8.18. The molecule has 0 aliphatic carbocycles. The Morgan fingerprint density at radius 2 is 2.13 bits per heavy atom. The van der Waals surface area contributed by atoms with Crippen molar-refractivity contribution in [2.45, 2.75) is 30.3 Å². The van der Waals surface area contributed by atoms with E-state index in [2.05, 4.69) is 34.7 Å². The molecule has 3 heterocycles. The Kier molecular flexibility index (Phi) is 4.24. The lowest BCUT2D eigenvalue weighted by Crippen LogP contribution is -2.55. The van der Waals surface area contributed by atoms with E-state index in [0.717, 1.165) is 18.4 Å². The molecule has 1 aromatic rings. The normalized spacial score (nSPS) is 29.2. The molecule has 1 aromatic heterocycles. The van der Waals surface area contributed by atoms with E-state index in [1.165, 1.54) is 0 Å². The summed E-state index contributed by atoms with van der Waals surface area (Å²) < 4.78 is 0. The predicted molar refractivity (Wildman–Crippen MR) is 95.1 cm³/mol. The minimum Gasteiger partial charge on any atom is -0.393 e. The number of thiocarbonyl (C=S) groups is 1. The summed E-state index contributed by atoms with van der Waals surface area (Å²) in [6.45, 7) is 4.44. The standard InChI is InChI=1S/C17H17ClN4S/c1-11(18)10-22-14-2-3-15(22)6-17(5-14,16(20)23)13-4-12(7-19)8-21-9-13/h2-4,8-9,14-15H,1,5-6,10H2,(H2,20,23)/t14-,15+,17+. The Balaban J connectivity index is 1.98. The summed E-state index contributed by atoms with van der Waals surface area (Å²) in [6, 6.07) is 4.39.